The maximum Gasteiger partial charge on any atom is 0.277 e. The molecule has 2 aromatic carbocycles. The standard InChI is InChI=1S/C13H11BrN2O3/c14-10-2-1-9(13(7-10)16(17)18)8-19-12-5-3-11(15)4-6-12/h1-7H,8,15H2. The van der Waals surface area contributed by atoms with Crippen LogP contribution >= 0.6 is 15.9 Å². The molecule has 0 radical (unpaired) electrons. The van der Waals surface area contributed by atoms with Crippen molar-refractivity contribution in [1.29, 1.82) is 0 Å². The average Bonchev–Trinajstić information content (AvgIpc) is 2.39. The first-order valence-corrected chi connectivity index (χ1v) is 6.27. The molecule has 19 heavy (non-hydrogen) atoms. The third kappa shape index (κ3) is 3.45. The molecule has 0 heterocycles. The normalized spacial score (nSPS) is 10.2. The Morgan fingerprint density at radius 1 is 1.21 bits per heavy atom. The summed E-state index contributed by atoms with van der Waals surface area (Å²) in [6.07, 6.45) is 0. The summed E-state index contributed by atoms with van der Waals surface area (Å²) < 4.78 is 6.16. The van der Waals surface area contributed by atoms with Crippen molar-refractivity contribution < 1.29 is 9.66 Å². The van der Waals surface area contributed by atoms with E-state index >= 15 is 0 Å². The van der Waals surface area contributed by atoms with Crippen LogP contribution in [0.3, 0.4) is 0 Å². The SMILES string of the molecule is Nc1ccc(OCc2ccc(Br)cc2[N+](=O)[O-])cc1. The average molecular weight is 323 g/mol. The van der Waals surface area contributed by atoms with E-state index in [4.69, 9.17) is 10.5 Å². The molecular weight excluding hydrogens is 312 g/mol. The van der Waals surface area contributed by atoms with E-state index in [1.165, 1.54) is 6.07 Å². The summed E-state index contributed by atoms with van der Waals surface area (Å²) in [4.78, 5) is 10.5. The van der Waals surface area contributed by atoms with Crippen molar-refractivity contribution in [1.82, 2.24) is 0 Å². The molecule has 0 amide bonds. The predicted molar refractivity (Wildman–Crippen MR) is 76.0 cm³/mol. The summed E-state index contributed by atoms with van der Waals surface area (Å²) in [6, 6.07) is 11.7. The molecule has 0 saturated carbocycles. The number of nitrogens with two attached hydrogens (primary N) is 1. The van der Waals surface area contributed by atoms with Crippen LogP contribution < -0.4 is 10.5 Å². The lowest BCUT2D eigenvalue weighted by Crippen LogP contribution is -2.00. The Balaban J connectivity index is 2.15. The van der Waals surface area contributed by atoms with Gasteiger partial charge < -0.3 is 10.5 Å². The smallest absolute Gasteiger partial charge is 0.277 e. The summed E-state index contributed by atoms with van der Waals surface area (Å²) in [6.45, 7) is 0.132. The van der Waals surface area contributed by atoms with Gasteiger partial charge in [-0.2, -0.15) is 0 Å². The van der Waals surface area contributed by atoms with Crippen LogP contribution in [0.1, 0.15) is 5.56 Å². The molecule has 0 saturated heterocycles. The van der Waals surface area contributed by atoms with Gasteiger partial charge in [0.25, 0.3) is 5.69 Å². The Morgan fingerprint density at radius 2 is 1.89 bits per heavy atom. The summed E-state index contributed by atoms with van der Waals surface area (Å²) in [7, 11) is 0. The van der Waals surface area contributed by atoms with E-state index in [2.05, 4.69) is 15.9 Å². The molecule has 98 valence electrons. The second-order valence-corrected chi connectivity index (χ2v) is 4.80. The molecule has 0 aliphatic heterocycles. The van der Waals surface area contributed by atoms with E-state index in [0.717, 1.165) is 0 Å². The monoisotopic (exact) mass is 322 g/mol. The number of hydrogen-bond acceptors (Lipinski definition) is 4. The molecule has 0 bridgehead atoms. The Morgan fingerprint density at radius 3 is 2.53 bits per heavy atom. The van der Waals surface area contributed by atoms with Crippen LogP contribution in [-0.4, -0.2) is 4.92 Å². The van der Waals surface area contributed by atoms with Crippen LogP contribution in [-0.2, 0) is 6.61 Å². The number of rotatable bonds is 4. The van der Waals surface area contributed by atoms with E-state index in [0.29, 0.717) is 21.5 Å². The molecule has 0 aliphatic carbocycles. The zero-order chi connectivity index (χ0) is 13.8. The van der Waals surface area contributed by atoms with E-state index in [9.17, 15) is 10.1 Å². The van der Waals surface area contributed by atoms with Crippen molar-refractivity contribution in [3.05, 3.63) is 62.6 Å². The maximum absolute atomic E-state index is 10.9. The second-order valence-electron chi connectivity index (χ2n) is 3.89. The third-order valence-electron chi connectivity index (χ3n) is 2.52. The molecule has 0 spiro atoms. The minimum absolute atomic E-state index is 0.0322. The van der Waals surface area contributed by atoms with E-state index in [1.54, 1.807) is 36.4 Å². The van der Waals surface area contributed by atoms with E-state index in [-0.39, 0.29) is 12.3 Å². The third-order valence-corrected chi connectivity index (χ3v) is 3.01. The molecular formula is C13H11BrN2O3. The van der Waals surface area contributed by atoms with Gasteiger partial charge in [-0.1, -0.05) is 15.9 Å². The fourth-order valence-electron chi connectivity index (χ4n) is 1.55. The number of benzene rings is 2. The first kappa shape index (κ1) is 13.4. The Hall–Kier alpha value is -2.08. The summed E-state index contributed by atoms with van der Waals surface area (Å²) >= 11 is 3.21. The summed E-state index contributed by atoms with van der Waals surface area (Å²) in [5, 5.41) is 10.9. The number of nitrogens with zero attached hydrogens (tertiary/aromatic N) is 1. The molecule has 0 aliphatic rings. The molecule has 5 nitrogen and oxygen atoms in total. The number of halogens is 1. The van der Waals surface area contributed by atoms with Crippen LogP contribution in [0.15, 0.2) is 46.9 Å². The predicted octanol–water partition coefficient (Wildman–Crippen LogP) is 3.52. The van der Waals surface area contributed by atoms with E-state index < -0.39 is 4.92 Å². The zero-order valence-corrected chi connectivity index (χ0v) is 11.5. The second kappa shape index (κ2) is 5.71. The number of nitro benzene ring substituents is 1. The highest BCUT2D eigenvalue weighted by molar-refractivity contribution is 9.10. The van der Waals surface area contributed by atoms with Crippen LogP contribution in [0.2, 0.25) is 0 Å². The highest BCUT2D eigenvalue weighted by Gasteiger charge is 2.14. The van der Waals surface area contributed by atoms with E-state index in [1.807, 2.05) is 0 Å². The molecule has 2 aromatic rings. The lowest BCUT2D eigenvalue weighted by molar-refractivity contribution is -0.385. The molecule has 0 atom stereocenters. The number of anilines is 1. The van der Waals surface area contributed by atoms with Gasteiger partial charge in [-0.3, -0.25) is 10.1 Å². The topological polar surface area (TPSA) is 78.4 Å². The Labute approximate surface area is 118 Å². The highest BCUT2D eigenvalue weighted by atomic mass is 79.9. The van der Waals surface area contributed by atoms with Crippen molar-refractivity contribution in [3.63, 3.8) is 0 Å². The fraction of sp³-hybridized carbons (Fsp3) is 0.0769. The zero-order valence-electron chi connectivity index (χ0n) is 9.88. The molecule has 6 heteroatoms. The van der Waals surface area contributed by atoms with Crippen molar-refractivity contribution >= 4 is 27.3 Å². The maximum atomic E-state index is 10.9. The van der Waals surface area contributed by atoms with Crippen molar-refractivity contribution in [2.45, 2.75) is 6.61 Å². The number of hydrogen-bond donors (Lipinski definition) is 1. The highest BCUT2D eigenvalue weighted by Crippen LogP contribution is 2.25. The Bertz CT molecular complexity index is 599. The lowest BCUT2D eigenvalue weighted by Gasteiger charge is -2.07. The van der Waals surface area contributed by atoms with Crippen molar-refractivity contribution in [2.24, 2.45) is 0 Å². The molecule has 2 rings (SSSR count). The summed E-state index contributed by atoms with van der Waals surface area (Å²) in [5.41, 5.74) is 6.76. The van der Waals surface area contributed by atoms with Gasteiger partial charge in [0.05, 0.1) is 10.5 Å². The van der Waals surface area contributed by atoms with Gasteiger partial charge in [-0.05, 0) is 36.4 Å². The lowest BCUT2D eigenvalue weighted by atomic mass is 10.2. The largest absolute Gasteiger partial charge is 0.489 e. The molecule has 0 fully saturated rings. The minimum atomic E-state index is -0.424. The summed E-state index contributed by atoms with van der Waals surface area (Å²) in [5.74, 6) is 0.617. The van der Waals surface area contributed by atoms with Crippen LogP contribution in [0.25, 0.3) is 0 Å². The van der Waals surface area contributed by atoms with Crippen molar-refractivity contribution in [3.8, 4) is 5.75 Å². The van der Waals surface area contributed by atoms with Gasteiger partial charge >= 0.3 is 0 Å². The fourth-order valence-corrected chi connectivity index (χ4v) is 1.90. The van der Waals surface area contributed by atoms with Crippen LogP contribution in [0.5, 0.6) is 5.75 Å². The molecule has 0 aromatic heterocycles. The van der Waals surface area contributed by atoms with Gasteiger partial charge in [0, 0.05) is 16.2 Å². The molecule has 2 N–H and O–H groups in total. The van der Waals surface area contributed by atoms with Crippen LogP contribution in [0.4, 0.5) is 11.4 Å². The van der Waals surface area contributed by atoms with Gasteiger partial charge in [-0.25, -0.2) is 0 Å². The number of nitro groups is 1. The first-order chi connectivity index (χ1) is 9.06. The van der Waals surface area contributed by atoms with Crippen LogP contribution in [0, 0.1) is 10.1 Å². The quantitative estimate of drug-likeness (QED) is 0.530. The van der Waals surface area contributed by atoms with Gasteiger partial charge in [-0.15, -0.1) is 0 Å². The number of nitrogen functional groups attached to an aromatic ring is 1. The first-order valence-electron chi connectivity index (χ1n) is 5.47. The number of ether oxygens (including phenoxy) is 1. The van der Waals surface area contributed by atoms with Gasteiger partial charge in [0.2, 0.25) is 0 Å². The van der Waals surface area contributed by atoms with Gasteiger partial charge in [0.15, 0.2) is 0 Å². The molecule has 0 unspecified atom stereocenters. The Kier molecular flexibility index (Phi) is 4.01. The van der Waals surface area contributed by atoms with Gasteiger partial charge in [0.1, 0.15) is 12.4 Å². The minimum Gasteiger partial charge on any atom is -0.489 e. The van der Waals surface area contributed by atoms with Crippen molar-refractivity contribution in [2.75, 3.05) is 5.73 Å².